The SMILES string of the molecule is CCSc1cccc(NC(C)C)c1C(=O)O. The van der Waals surface area contributed by atoms with Crippen LogP contribution in [0.25, 0.3) is 0 Å². The van der Waals surface area contributed by atoms with Gasteiger partial charge in [-0.25, -0.2) is 4.79 Å². The van der Waals surface area contributed by atoms with Crippen LogP contribution in [0.3, 0.4) is 0 Å². The van der Waals surface area contributed by atoms with Gasteiger partial charge >= 0.3 is 5.97 Å². The van der Waals surface area contributed by atoms with Crippen molar-refractivity contribution < 1.29 is 9.90 Å². The molecule has 1 rings (SSSR count). The Morgan fingerprint density at radius 3 is 2.69 bits per heavy atom. The molecule has 16 heavy (non-hydrogen) atoms. The van der Waals surface area contributed by atoms with E-state index in [1.165, 1.54) is 0 Å². The molecule has 0 saturated heterocycles. The Kier molecular flexibility index (Phi) is 4.68. The van der Waals surface area contributed by atoms with Crippen LogP contribution in [0.15, 0.2) is 23.1 Å². The maximum atomic E-state index is 11.2. The largest absolute Gasteiger partial charge is 0.478 e. The van der Waals surface area contributed by atoms with Crippen molar-refractivity contribution >= 4 is 23.4 Å². The van der Waals surface area contributed by atoms with Crippen LogP contribution in [-0.2, 0) is 0 Å². The lowest BCUT2D eigenvalue weighted by Crippen LogP contribution is -2.14. The number of nitrogens with one attached hydrogen (secondary N) is 1. The van der Waals surface area contributed by atoms with Crippen molar-refractivity contribution in [3.8, 4) is 0 Å². The summed E-state index contributed by atoms with van der Waals surface area (Å²) in [6.45, 7) is 6.00. The van der Waals surface area contributed by atoms with Crippen molar-refractivity contribution in [2.24, 2.45) is 0 Å². The van der Waals surface area contributed by atoms with Crippen LogP contribution >= 0.6 is 11.8 Å². The number of anilines is 1. The molecular weight excluding hydrogens is 222 g/mol. The lowest BCUT2D eigenvalue weighted by molar-refractivity contribution is 0.0694. The molecule has 0 amide bonds. The first kappa shape index (κ1) is 12.9. The zero-order valence-electron chi connectivity index (χ0n) is 9.78. The quantitative estimate of drug-likeness (QED) is 0.774. The Balaban J connectivity index is 3.16. The van der Waals surface area contributed by atoms with Crippen LogP contribution in [-0.4, -0.2) is 22.9 Å². The minimum Gasteiger partial charge on any atom is -0.478 e. The van der Waals surface area contributed by atoms with Crippen LogP contribution in [0.2, 0.25) is 0 Å². The molecule has 88 valence electrons. The fraction of sp³-hybridized carbons (Fsp3) is 0.417. The highest BCUT2D eigenvalue weighted by Gasteiger charge is 2.15. The molecule has 0 aliphatic carbocycles. The van der Waals surface area contributed by atoms with Gasteiger partial charge in [0.05, 0.1) is 11.3 Å². The summed E-state index contributed by atoms with van der Waals surface area (Å²) in [4.78, 5) is 12.1. The van der Waals surface area contributed by atoms with E-state index in [1.54, 1.807) is 11.8 Å². The molecule has 0 spiro atoms. The Hall–Kier alpha value is -1.16. The summed E-state index contributed by atoms with van der Waals surface area (Å²) >= 11 is 1.55. The number of carboxylic acid groups (broad SMARTS) is 1. The van der Waals surface area contributed by atoms with Crippen LogP contribution in [0.1, 0.15) is 31.1 Å². The van der Waals surface area contributed by atoms with Crippen molar-refractivity contribution in [2.45, 2.75) is 31.7 Å². The lowest BCUT2D eigenvalue weighted by atomic mass is 10.1. The number of benzene rings is 1. The molecule has 4 heteroatoms. The fourth-order valence-electron chi connectivity index (χ4n) is 1.46. The van der Waals surface area contributed by atoms with Crippen LogP contribution < -0.4 is 5.32 Å². The maximum absolute atomic E-state index is 11.2. The van der Waals surface area contributed by atoms with Gasteiger partial charge < -0.3 is 10.4 Å². The molecule has 3 nitrogen and oxygen atoms in total. The van der Waals surface area contributed by atoms with Gasteiger partial charge in [-0.05, 0) is 31.7 Å². The van der Waals surface area contributed by atoms with Crippen molar-refractivity contribution in [2.75, 3.05) is 11.1 Å². The van der Waals surface area contributed by atoms with Crippen LogP contribution in [0, 0.1) is 0 Å². The molecule has 0 saturated carbocycles. The lowest BCUT2D eigenvalue weighted by Gasteiger charge is -2.15. The van der Waals surface area contributed by atoms with Gasteiger partial charge in [0.1, 0.15) is 0 Å². The summed E-state index contributed by atoms with van der Waals surface area (Å²) in [6, 6.07) is 5.77. The summed E-state index contributed by atoms with van der Waals surface area (Å²) < 4.78 is 0. The third-order valence-corrected chi connectivity index (χ3v) is 2.92. The third kappa shape index (κ3) is 3.17. The minimum absolute atomic E-state index is 0.222. The molecule has 1 aromatic carbocycles. The maximum Gasteiger partial charge on any atom is 0.338 e. The normalized spacial score (nSPS) is 10.5. The second kappa shape index (κ2) is 5.80. The van der Waals surface area contributed by atoms with E-state index in [2.05, 4.69) is 5.32 Å². The van der Waals surface area contributed by atoms with Gasteiger partial charge in [-0.1, -0.05) is 13.0 Å². The van der Waals surface area contributed by atoms with Gasteiger partial charge in [-0.15, -0.1) is 11.8 Å². The summed E-state index contributed by atoms with van der Waals surface area (Å²) in [6.07, 6.45) is 0. The van der Waals surface area contributed by atoms with Crippen molar-refractivity contribution in [3.05, 3.63) is 23.8 Å². The van der Waals surface area contributed by atoms with Crippen LogP contribution in [0.4, 0.5) is 5.69 Å². The first-order valence-electron chi connectivity index (χ1n) is 5.32. The molecule has 0 unspecified atom stereocenters. The van der Waals surface area contributed by atoms with E-state index in [9.17, 15) is 9.90 Å². The molecular formula is C12H17NO2S. The molecule has 0 atom stereocenters. The molecule has 0 aliphatic rings. The first-order chi connectivity index (χ1) is 7.56. The van der Waals surface area contributed by atoms with Gasteiger partial charge in [0.25, 0.3) is 0 Å². The van der Waals surface area contributed by atoms with E-state index in [0.29, 0.717) is 11.3 Å². The first-order valence-corrected chi connectivity index (χ1v) is 6.30. The van der Waals surface area contributed by atoms with E-state index >= 15 is 0 Å². The molecule has 1 aromatic rings. The Labute approximate surface area is 100 Å². The van der Waals surface area contributed by atoms with E-state index in [4.69, 9.17) is 0 Å². The average molecular weight is 239 g/mol. The molecule has 0 fully saturated rings. The van der Waals surface area contributed by atoms with Gasteiger partial charge in [0, 0.05) is 10.9 Å². The monoisotopic (exact) mass is 239 g/mol. The van der Waals surface area contributed by atoms with Gasteiger partial charge in [0.15, 0.2) is 0 Å². The predicted octanol–water partition coefficient (Wildman–Crippen LogP) is 3.32. The number of aromatic carboxylic acids is 1. The number of hydrogen-bond donors (Lipinski definition) is 2. The Morgan fingerprint density at radius 2 is 2.19 bits per heavy atom. The summed E-state index contributed by atoms with van der Waals surface area (Å²) in [5, 5.41) is 12.4. The number of rotatable bonds is 5. The summed E-state index contributed by atoms with van der Waals surface area (Å²) in [5.74, 6) is -0.00880. The topological polar surface area (TPSA) is 49.3 Å². The second-order valence-electron chi connectivity index (χ2n) is 3.72. The van der Waals surface area contributed by atoms with E-state index in [0.717, 1.165) is 10.6 Å². The highest BCUT2D eigenvalue weighted by Crippen LogP contribution is 2.28. The van der Waals surface area contributed by atoms with Gasteiger partial charge in [0.2, 0.25) is 0 Å². The third-order valence-electron chi connectivity index (χ3n) is 1.98. The molecule has 0 aromatic heterocycles. The Bertz CT molecular complexity index is 377. The second-order valence-corrected chi connectivity index (χ2v) is 5.02. The highest BCUT2D eigenvalue weighted by atomic mass is 32.2. The highest BCUT2D eigenvalue weighted by molar-refractivity contribution is 7.99. The molecule has 0 bridgehead atoms. The van der Waals surface area contributed by atoms with Gasteiger partial charge in [-0.3, -0.25) is 0 Å². The smallest absolute Gasteiger partial charge is 0.338 e. The Morgan fingerprint density at radius 1 is 1.50 bits per heavy atom. The number of carbonyl (C=O) groups is 1. The van der Waals surface area contributed by atoms with Crippen molar-refractivity contribution in [3.63, 3.8) is 0 Å². The van der Waals surface area contributed by atoms with E-state index in [-0.39, 0.29) is 6.04 Å². The van der Waals surface area contributed by atoms with Crippen LogP contribution in [0.5, 0.6) is 0 Å². The summed E-state index contributed by atoms with van der Waals surface area (Å²) in [5.41, 5.74) is 1.07. The molecule has 0 radical (unpaired) electrons. The van der Waals surface area contributed by atoms with E-state index < -0.39 is 5.97 Å². The fourth-order valence-corrected chi connectivity index (χ4v) is 2.29. The van der Waals surface area contributed by atoms with E-state index in [1.807, 2.05) is 39.0 Å². The molecule has 2 N–H and O–H groups in total. The predicted molar refractivity (Wildman–Crippen MR) is 68.6 cm³/mol. The van der Waals surface area contributed by atoms with Crippen molar-refractivity contribution in [1.82, 2.24) is 0 Å². The molecule has 0 heterocycles. The molecule has 0 aliphatic heterocycles. The standard InChI is InChI=1S/C12H17NO2S/c1-4-16-10-7-5-6-9(13-8(2)3)11(10)12(14)15/h5-8,13H,4H2,1-3H3,(H,14,15). The zero-order valence-corrected chi connectivity index (χ0v) is 10.6. The van der Waals surface area contributed by atoms with Crippen molar-refractivity contribution in [1.29, 1.82) is 0 Å². The van der Waals surface area contributed by atoms with Gasteiger partial charge in [-0.2, -0.15) is 0 Å². The zero-order chi connectivity index (χ0) is 12.1. The number of thioether (sulfide) groups is 1. The minimum atomic E-state index is -0.875. The summed E-state index contributed by atoms with van der Waals surface area (Å²) in [7, 11) is 0. The number of carboxylic acids is 1. The average Bonchev–Trinajstić information content (AvgIpc) is 2.16. The number of hydrogen-bond acceptors (Lipinski definition) is 3.